The van der Waals surface area contributed by atoms with Gasteiger partial charge in [0.05, 0.1) is 16.6 Å². The first-order valence-corrected chi connectivity index (χ1v) is 9.71. The quantitative estimate of drug-likeness (QED) is 0.404. The molecule has 144 valence electrons. The highest BCUT2D eigenvalue weighted by molar-refractivity contribution is 8.00. The van der Waals surface area contributed by atoms with Gasteiger partial charge >= 0.3 is 0 Å². The van der Waals surface area contributed by atoms with Crippen LogP contribution in [0.4, 0.5) is 4.39 Å². The first-order chi connectivity index (χ1) is 14.0. The summed E-state index contributed by atoms with van der Waals surface area (Å²) in [5.41, 5.74) is 7.06. The van der Waals surface area contributed by atoms with E-state index in [4.69, 9.17) is 5.73 Å². The van der Waals surface area contributed by atoms with Gasteiger partial charge in [-0.05, 0) is 42.0 Å². The molecular weight excluding hydrogens is 389 g/mol. The number of nitrogens with two attached hydrogens (primary N) is 1. The van der Waals surface area contributed by atoms with Crippen LogP contribution in [0.15, 0.2) is 88.8 Å². The van der Waals surface area contributed by atoms with Crippen LogP contribution in [0.1, 0.15) is 10.8 Å². The Morgan fingerprint density at radius 3 is 2.31 bits per heavy atom. The van der Waals surface area contributed by atoms with Crippen LogP contribution in [0.2, 0.25) is 0 Å². The van der Waals surface area contributed by atoms with Crippen LogP contribution >= 0.6 is 11.8 Å². The lowest BCUT2D eigenvalue weighted by molar-refractivity contribution is -0.117. The smallest absolute Gasteiger partial charge is 0.266 e. The van der Waals surface area contributed by atoms with E-state index in [9.17, 15) is 14.0 Å². The number of benzene rings is 3. The van der Waals surface area contributed by atoms with Gasteiger partial charge in [-0.2, -0.15) is 0 Å². The third-order valence-electron chi connectivity index (χ3n) is 4.41. The molecule has 4 aromatic rings. The van der Waals surface area contributed by atoms with Gasteiger partial charge in [0.25, 0.3) is 5.56 Å². The Balaban J connectivity index is 1.90. The number of nitrogens with zero attached hydrogens (tertiary/aromatic N) is 2. The van der Waals surface area contributed by atoms with E-state index in [0.29, 0.717) is 27.3 Å². The summed E-state index contributed by atoms with van der Waals surface area (Å²) in [6.07, 6.45) is 0. The second kappa shape index (κ2) is 7.89. The summed E-state index contributed by atoms with van der Waals surface area (Å²) in [5.74, 6) is -1.02. The molecule has 2 N–H and O–H groups in total. The molecule has 29 heavy (non-hydrogen) atoms. The molecule has 0 aliphatic carbocycles. The highest BCUT2D eigenvalue weighted by Gasteiger charge is 2.23. The second-order valence-electron chi connectivity index (χ2n) is 6.34. The number of hydrogen-bond donors (Lipinski definition) is 1. The molecule has 1 amide bonds. The molecule has 0 aliphatic rings. The Bertz CT molecular complexity index is 1240. The van der Waals surface area contributed by atoms with Crippen LogP contribution in [-0.4, -0.2) is 15.5 Å². The average molecular weight is 405 g/mol. The molecule has 0 bridgehead atoms. The van der Waals surface area contributed by atoms with E-state index in [2.05, 4.69) is 4.98 Å². The number of thioether (sulfide) groups is 1. The topological polar surface area (TPSA) is 78.0 Å². The highest BCUT2D eigenvalue weighted by atomic mass is 32.2. The first-order valence-electron chi connectivity index (χ1n) is 8.83. The molecule has 0 fully saturated rings. The van der Waals surface area contributed by atoms with Crippen LogP contribution in [0.3, 0.4) is 0 Å². The van der Waals surface area contributed by atoms with Crippen LogP contribution in [0.25, 0.3) is 16.6 Å². The van der Waals surface area contributed by atoms with Gasteiger partial charge in [-0.3, -0.25) is 14.2 Å². The molecule has 0 aliphatic heterocycles. The number of carbonyl (C=O) groups is 1. The zero-order valence-electron chi connectivity index (χ0n) is 15.2. The number of primary amides is 1. The van der Waals surface area contributed by atoms with Crippen molar-refractivity contribution in [3.63, 3.8) is 0 Å². The molecule has 5 nitrogen and oxygen atoms in total. The molecule has 1 aromatic heterocycles. The van der Waals surface area contributed by atoms with Crippen LogP contribution in [0.5, 0.6) is 0 Å². The number of hydrogen-bond acceptors (Lipinski definition) is 4. The summed E-state index contributed by atoms with van der Waals surface area (Å²) >= 11 is 1.06. The van der Waals surface area contributed by atoms with Crippen molar-refractivity contribution in [3.05, 3.63) is 101 Å². The molecule has 1 atom stereocenters. The van der Waals surface area contributed by atoms with Crippen molar-refractivity contribution in [2.75, 3.05) is 0 Å². The molecule has 0 saturated heterocycles. The van der Waals surface area contributed by atoms with Crippen molar-refractivity contribution < 1.29 is 9.18 Å². The maximum atomic E-state index is 13.3. The molecule has 4 rings (SSSR count). The van der Waals surface area contributed by atoms with Crippen molar-refractivity contribution in [2.24, 2.45) is 5.73 Å². The zero-order valence-corrected chi connectivity index (χ0v) is 16.0. The largest absolute Gasteiger partial charge is 0.368 e. The summed E-state index contributed by atoms with van der Waals surface area (Å²) in [5, 5.41) is -0.0373. The zero-order chi connectivity index (χ0) is 20.4. The average Bonchev–Trinajstić information content (AvgIpc) is 2.73. The molecule has 1 unspecified atom stereocenters. The minimum absolute atomic E-state index is 0.244. The van der Waals surface area contributed by atoms with Crippen LogP contribution < -0.4 is 11.3 Å². The van der Waals surface area contributed by atoms with Crippen molar-refractivity contribution in [1.82, 2.24) is 9.55 Å². The second-order valence-corrected chi connectivity index (χ2v) is 7.41. The third-order valence-corrected chi connectivity index (χ3v) is 5.64. The predicted octanol–water partition coefficient (Wildman–Crippen LogP) is 3.84. The number of fused-ring (bicyclic) bond motifs is 1. The van der Waals surface area contributed by atoms with E-state index in [1.807, 2.05) is 18.2 Å². The van der Waals surface area contributed by atoms with Crippen molar-refractivity contribution >= 4 is 28.6 Å². The first kappa shape index (κ1) is 18.9. The normalized spacial score (nSPS) is 12.0. The molecule has 0 spiro atoms. The number of para-hydroxylation sites is 2. The number of carbonyl (C=O) groups excluding carboxylic acids is 1. The number of halogens is 1. The highest BCUT2D eigenvalue weighted by Crippen LogP contribution is 2.35. The summed E-state index contributed by atoms with van der Waals surface area (Å²) in [6.45, 7) is 0. The summed E-state index contributed by atoms with van der Waals surface area (Å²) in [4.78, 5) is 30.0. The van der Waals surface area contributed by atoms with Gasteiger partial charge in [0.2, 0.25) is 5.91 Å². The fourth-order valence-corrected chi connectivity index (χ4v) is 4.09. The molecule has 0 saturated carbocycles. The van der Waals surface area contributed by atoms with E-state index >= 15 is 0 Å². The fourth-order valence-electron chi connectivity index (χ4n) is 3.03. The van der Waals surface area contributed by atoms with Gasteiger partial charge in [0.1, 0.15) is 11.1 Å². The Labute approximate surface area is 170 Å². The van der Waals surface area contributed by atoms with Crippen molar-refractivity contribution in [1.29, 1.82) is 0 Å². The van der Waals surface area contributed by atoms with Crippen LogP contribution in [-0.2, 0) is 4.79 Å². The standard InChI is InChI=1S/C22H16FN3O2S/c23-15-12-10-14(11-13-15)19(20(24)27)29-22-25-18-9-5-4-8-17(18)21(28)26(22)16-6-2-1-3-7-16/h1-13,19H,(H2,24,27). The monoisotopic (exact) mass is 405 g/mol. The van der Waals surface area contributed by atoms with Gasteiger partial charge in [-0.1, -0.05) is 54.2 Å². The molecule has 1 heterocycles. The van der Waals surface area contributed by atoms with Gasteiger partial charge < -0.3 is 5.73 Å². The minimum Gasteiger partial charge on any atom is -0.368 e. The van der Waals surface area contributed by atoms with Crippen LogP contribution in [0, 0.1) is 5.82 Å². The third kappa shape index (κ3) is 3.77. The van der Waals surface area contributed by atoms with Gasteiger partial charge in [-0.15, -0.1) is 0 Å². The van der Waals surface area contributed by atoms with Gasteiger partial charge in [0, 0.05) is 0 Å². The maximum absolute atomic E-state index is 13.3. The summed E-state index contributed by atoms with van der Waals surface area (Å²) in [7, 11) is 0. The summed E-state index contributed by atoms with van der Waals surface area (Å²) in [6, 6.07) is 21.6. The maximum Gasteiger partial charge on any atom is 0.266 e. The Morgan fingerprint density at radius 1 is 0.966 bits per heavy atom. The van der Waals surface area contributed by atoms with E-state index in [1.165, 1.54) is 28.8 Å². The number of amides is 1. The van der Waals surface area contributed by atoms with E-state index < -0.39 is 17.0 Å². The SMILES string of the molecule is NC(=O)C(Sc1nc2ccccc2c(=O)n1-c1ccccc1)c1ccc(F)cc1. The molecule has 3 aromatic carbocycles. The molecule has 7 heteroatoms. The van der Waals surface area contributed by atoms with E-state index in [0.717, 1.165) is 11.8 Å². The number of aromatic nitrogens is 2. The van der Waals surface area contributed by atoms with Gasteiger partial charge in [-0.25, -0.2) is 9.37 Å². The predicted molar refractivity (Wildman–Crippen MR) is 112 cm³/mol. The fraction of sp³-hybridized carbons (Fsp3) is 0.0455. The lowest BCUT2D eigenvalue weighted by atomic mass is 10.1. The van der Waals surface area contributed by atoms with E-state index in [-0.39, 0.29) is 5.56 Å². The lowest BCUT2D eigenvalue weighted by Crippen LogP contribution is -2.24. The number of rotatable bonds is 5. The molecule has 0 radical (unpaired) electrons. The van der Waals surface area contributed by atoms with Crippen molar-refractivity contribution in [2.45, 2.75) is 10.4 Å². The van der Waals surface area contributed by atoms with Crippen molar-refractivity contribution in [3.8, 4) is 5.69 Å². The summed E-state index contributed by atoms with van der Waals surface area (Å²) < 4.78 is 14.8. The van der Waals surface area contributed by atoms with E-state index in [1.54, 1.807) is 36.4 Å². The minimum atomic E-state index is -0.835. The Kier molecular flexibility index (Phi) is 5.14. The lowest BCUT2D eigenvalue weighted by Gasteiger charge is -2.17. The Hall–Kier alpha value is -3.45. The molecular formula is C22H16FN3O2S. The Morgan fingerprint density at radius 2 is 1.62 bits per heavy atom. The van der Waals surface area contributed by atoms with Gasteiger partial charge in [0.15, 0.2) is 5.16 Å².